The molecule has 1 N–H and O–H groups in total. The van der Waals surface area contributed by atoms with E-state index < -0.39 is 0 Å². The first-order valence-corrected chi connectivity index (χ1v) is 5.89. The highest BCUT2D eigenvalue weighted by atomic mass is 15.3. The van der Waals surface area contributed by atoms with E-state index in [0.717, 1.165) is 17.3 Å². The quantitative estimate of drug-likeness (QED) is 0.746. The van der Waals surface area contributed by atoms with Crippen LogP contribution in [-0.4, -0.2) is 14.6 Å². The molecule has 0 saturated carbocycles. The lowest BCUT2D eigenvalue weighted by molar-refractivity contribution is 1.10. The molecule has 4 nitrogen and oxygen atoms in total. The number of benzene rings is 1. The second-order valence-corrected chi connectivity index (χ2v) is 4.34. The van der Waals surface area contributed by atoms with E-state index in [2.05, 4.69) is 47.6 Å². The fourth-order valence-corrected chi connectivity index (χ4v) is 2.05. The molecular formula is C14H14N4. The maximum absolute atomic E-state index is 4.17. The summed E-state index contributed by atoms with van der Waals surface area (Å²) in [6, 6.07) is 12.1. The molecule has 0 saturated heterocycles. The SMILES string of the molecule is Cc1cccc(C)c1Nc1nnc2ccccn12. The molecule has 90 valence electrons. The number of aromatic nitrogens is 3. The third kappa shape index (κ3) is 1.72. The van der Waals surface area contributed by atoms with Crippen molar-refractivity contribution in [2.45, 2.75) is 13.8 Å². The van der Waals surface area contributed by atoms with Gasteiger partial charge in [0.25, 0.3) is 0 Å². The van der Waals surface area contributed by atoms with E-state index in [0.29, 0.717) is 0 Å². The molecule has 2 aromatic heterocycles. The van der Waals surface area contributed by atoms with Crippen molar-refractivity contribution in [3.05, 3.63) is 53.7 Å². The van der Waals surface area contributed by atoms with Crippen molar-refractivity contribution in [1.29, 1.82) is 0 Å². The van der Waals surface area contributed by atoms with Crippen molar-refractivity contribution in [2.75, 3.05) is 5.32 Å². The predicted octanol–water partition coefficient (Wildman–Crippen LogP) is 3.09. The highest BCUT2D eigenvalue weighted by Crippen LogP contribution is 2.23. The maximum Gasteiger partial charge on any atom is 0.233 e. The minimum atomic E-state index is 0.739. The number of nitrogens with one attached hydrogen (secondary N) is 1. The molecule has 0 aliphatic heterocycles. The fraction of sp³-hybridized carbons (Fsp3) is 0.143. The monoisotopic (exact) mass is 238 g/mol. The van der Waals surface area contributed by atoms with Gasteiger partial charge >= 0.3 is 0 Å². The van der Waals surface area contributed by atoms with Gasteiger partial charge in [-0.2, -0.15) is 0 Å². The number of para-hydroxylation sites is 1. The largest absolute Gasteiger partial charge is 0.323 e. The third-order valence-corrected chi connectivity index (χ3v) is 3.03. The minimum Gasteiger partial charge on any atom is -0.323 e. The van der Waals surface area contributed by atoms with Gasteiger partial charge in [-0.15, -0.1) is 10.2 Å². The Labute approximate surface area is 105 Å². The lowest BCUT2D eigenvalue weighted by Gasteiger charge is -2.10. The summed E-state index contributed by atoms with van der Waals surface area (Å²) >= 11 is 0. The zero-order valence-electron chi connectivity index (χ0n) is 10.4. The van der Waals surface area contributed by atoms with Crippen molar-refractivity contribution in [1.82, 2.24) is 14.6 Å². The maximum atomic E-state index is 4.17. The summed E-state index contributed by atoms with van der Waals surface area (Å²) in [5.41, 5.74) is 4.33. The van der Waals surface area contributed by atoms with Crippen molar-refractivity contribution in [3.8, 4) is 0 Å². The van der Waals surface area contributed by atoms with Crippen molar-refractivity contribution in [3.63, 3.8) is 0 Å². The summed E-state index contributed by atoms with van der Waals surface area (Å²) in [5, 5.41) is 11.7. The van der Waals surface area contributed by atoms with E-state index in [9.17, 15) is 0 Å². The van der Waals surface area contributed by atoms with Crippen LogP contribution in [0.5, 0.6) is 0 Å². The summed E-state index contributed by atoms with van der Waals surface area (Å²) in [4.78, 5) is 0. The minimum absolute atomic E-state index is 0.739. The van der Waals surface area contributed by atoms with Gasteiger partial charge in [-0.1, -0.05) is 24.3 Å². The van der Waals surface area contributed by atoms with Crippen LogP contribution in [0.2, 0.25) is 0 Å². The van der Waals surface area contributed by atoms with Crippen LogP contribution >= 0.6 is 0 Å². The Morgan fingerprint density at radius 1 is 0.944 bits per heavy atom. The van der Waals surface area contributed by atoms with Crippen molar-refractivity contribution >= 4 is 17.3 Å². The lowest BCUT2D eigenvalue weighted by Crippen LogP contribution is -2.00. The van der Waals surface area contributed by atoms with E-state index in [1.54, 1.807) is 0 Å². The molecule has 0 atom stereocenters. The lowest BCUT2D eigenvalue weighted by atomic mass is 10.1. The summed E-state index contributed by atoms with van der Waals surface area (Å²) in [6.07, 6.45) is 1.95. The Bertz CT molecular complexity index is 680. The van der Waals surface area contributed by atoms with Crippen LogP contribution in [-0.2, 0) is 0 Å². The molecule has 0 spiro atoms. The summed E-state index contributed by atoms with van der Waals surface area (Å²) in [6.45, 7) is 4.16. The Balaban J connectivity index is 2.07. The molecule has 1 aromatic carbocycles. The van der Waals surface area contributed by atoms with E-state index in [1.165, 1.54) is 11.1 Å². The van der Waals surface area contributed by atoms with Crippen LogP contribution in [0.1, 0.15) is 11.1 Å². The fourth-order valence-electron chi connectivity index (χ4n) is 2.05. The topological polar surface area (TPSA) is 42.2 Å². The molecule has 0 aliphatic rings. The number of anilines is 2. The number of aryl methyl sites for hydroxylation is 2. The smallest absolute Gasteiger partial charge is 0.233 e. The van der Waals surface area contributed by atoms with Gasteiger partial charge in [0.05, 0.1) is 0 Å². The zero-order valence-corrected chi connectivity index (χ0v) is 10.4. The highest BCUT2D eigenvalue weighted by molar-refractivity contribution is 5.64. The van der Waals surface area contributed by atoms with Crippen LogP contribution in [0.25, 0.3) is 5.65 Å². The number of rotatable bonds is 2. The number of nitrogens with zero attached hydrogens (tertiary/aromatic N) is 3. The first kappa shape index (κ1) is 10.8. The molecule has 4 heteroatoms. The van der Waals surface area contributed by atoms with Gasteiger partial charge in [-0.3, -0.25) is 4.40 Å². The van der Waals surface area contributed by atoms with E-state index >= 15 is 0 Å². The van der Waals surface area contributed by atoms with Crippen LogP contribution in [0.4, 0.5) is 11.6 Å². The Hall–Kier alpha value is -2.36. The average Bonchev–Trinajstić information content (AvgIpc) is 2.77. The van der Waals surface area contributed by atoms with Gasteiger partial charge in [0.15, 0.2) is 5.65 Å². The summed E-state index contributed by atoms with van der Waals surface area (Å²) in [7, 11) is 0. The normalized spacial score (nSPS) is 10.8. The van der Waals surface area contributed by atoms with Gasteiger partial charge in [-0.25, -0.2) is 0 Å². The number of fused-ring (bicyclic) bond motifs is 1. The predicted molar refractivity (Wildman–Crippen MR) is 72.2 cm³/mol. The molecule has 0 amide bonds. The third-order valence-electron chi connectivity index (χ3n) is 3.03. The molecule has 0 aliphatic carbocycles. The second-order valence-electron chi connectivity index (χ2n) is 4.34. The molecule has 18 heavy (non-hydrogen) atoms. The molecule has 0 bridgehead atoms. The summed E-state index contributed by atoms with van der Waals surface area (Å²) in [5.74, 6) is 0.739. The zero-order chi connectivity index (χ0) is 12.5. The van der Waals surface area contributed by atoms with Crippen molar-refractivity contribution < 1.29 is 0 Å². The molecular weight excluding hydrogens is 224 g/mol. The number of hydrogen-bond donors (Lipinski definition) is 1. The first-order chi connectivity index (χ1) is 8.75. The first-order valence-electron chi connectivity index (χ1n) is 5.89. The van der Waals surface area contributed by atoms with Crippen LogP contribution in [0, 0.1) is 13.8 Å². The van der Waals surface area contributed by atoms with E-state index in [4.69, 9.17) is 0 Å². The Morgan fingerprint density at radius 3 is 2.50 bits per heavy atom. The van der Waals surface area contributed by atoms with Gasteiger partial charge in [-0.05, 0) is 37.1 Å². The van der Waals surface area contributed by atoms with Gasteiger partial charge < -0.3 is 5.32 Å². The Morgan fingerprint density at radius 2 is 1.72 bits per heavy atom. The number of pyridine rings is 1. The van der Waals surface area contributed by atoms with Crippen LogP contribution in [0.3, 0.4) is 0 Å². The molecule has 3 aromatic rings. The van der Waals surface area contributed by atoms with E-state index in [1.807, 2.05) is 28.8 Å². The van der Waals surface area contributed by atoms with Crippen molar-refractivity contribution in [2.24, 2.45) is 0 Å². The molecule has 0 radical (unpaired) electrons. The molecule has 3 rings (SSSR count). The Kier molecular flexibility index (Phi) is 2.48. The van der Waals surface area contributed by atoms with Crippen LogP contribution < -0.4 is 5.32 Å². The van der Waals surface area contributed by atoms with Crippen LogP contribution in [0.15, 0.2) is 42.6 Å². The molecule has 2 heterocycles. The number of hydrogen-bond acceptors (Lipinski definition) is 3. The highest BCUT2D eigenvalue weighted by Gasteiger charge is 2.07. The van der Waals surface area contributed by atoms with Gasteiger partial charge in [0.2, 0.25) is 5.95 Å². The summed E-state index contributed by atoms with van der Waals surface area (Å²) < 4.78 is 1.94. The molecule has 0 fully saturated rings. The standard InChI is InChI=1S/C14H14N4/c1-10-6-5-7-11(2)13(10)15-14-17-16-12-8-3-4-9-18(12)14/h3-9H,1-2H3,(H,15,17). The second kappa shape index (κ2) is 4.14. The average molecular weight is 238 g/mol. The van der Waals surface area contributed by atoms with Gasteiger partial charge in [0.1, 0.15) is 0 Å². The molecule has 0 unspecified atom stereocenters. The van der Waals surface area contributed by atoms with E-state index in [-0.39, 0.29) is 0 Å². The van der Waals surface area contributed by atoms with Gasteiger partial charge in [0, 0.05) is 11.9 Å².